The Hall–Kier alpha value is -1.13. The van der Waals surface area contributed by atoms with Crippen LogP contribution >= 0.6 is 0 Å². The van der Waals surface area contributed by atoms with E-state index < -0.39 is 6.10 Å². The van der Waals surface area contributed by atoms with Crippen LogP contribution in [-0.4, -0.2) is 18.8 Å². The van der Waals surface area contributed by atoms with Crippen molar-refractivity contribution < 1.29 is 14.2 Å². The molecule has 0 radical (unpaired) electrons. The summed E-state index contributed by atoms with van der Waals surface area (Å²) in [6.07, 6.45) is -0.888. The van der Waals surface area contributed by atoms with Gasteiger partial charge in [0.1, 0.15) is 11.6 Å². The van der Waals surface area contributed by atoms with Crippen LogP contribution in [0.3, 0.4) is 0 Å². The third-order valence-electron chi connectivity index (χ3n) is 2.19. The van der Waals surface area contributed by atoms with Crippen molar-refractivity contribution in [3.63, 3.8) is 0 Å². The highest BCUT2D eigenvalue weighted by Crippen LogP contribution is 2.29. The van der Waals surface area contributed by atoms with Gasteiger partial charge >= 0.3 is 0 Å². The minimum Gasteiger partial charge on any atom is -0.496 e. The summed E-state index contributed by atoms with van der Waals surface area (Å²) in [5.41, 5.74) is 6.12. The van der Waals surface area contributed by atoms with Crippen molar-refractivity contribution in [2.45, 2.75) is 13.0 Å². The number of halogens is 1. The van der Waals surface area contributed by atoms with E-state index in [0.29, 0.717) is 16.9 Å². The molecule has 0 saturated heterocycles. The van der Waals surface area contributed by atoms with Gasteiger partial charge in [0.05, 0.1) is 13.2 Å². The molecule has 1 aromatic rings. The molecule has 0 aromatic heterocycles. The Balaban J connectivity index is 3.27. The molecular weight excluding hydrogens is 185 g/mol. The van der Waals surface area contributed by atoms with Crippen LogP contribution in [0.5, 0.6) is 5.75 Å². The van der Waals surface area contributed by atoms with Crippen LogP contribution < -0.4 is 10.5 Å². The maximum Gasteiger partial charge on any atom is 0.126 e. The van der Waals surface area contributed by atoms with Gasteiger partial charge in [0.25, 0.3) is 0 Å². The molecule has 0 heterocycles. The third kappa shape index (κ3) is 1.86. The summed E-state index contributed by atoms with van der Waals surface area (Å²) in [6, 6.07) is 2.79. The number of benzene rings is 1. The first-order valence-corrected chi connectivity index (χ1v) is 4.33. The average molecular weight is 199 g/mol. The van der Waals surface area contributed by atoms with E-state index in [1.54, 1.807) is 6.92 Å². The van der Waals surface area contributed by atoms with Gasteiger partial charge in [-0.3, -0.25) is 0 Å². The molecule has 0 bridgehead atoms. The summed E-state index contributed by atoms with van der Waals surface area (Å²) < 4.78 is 18.2. The standard InChI is InChI=1S/C10H14FNO2/c1-6-7(11)3-4-9(14-2)10(6)8(13)5-12/h3-4,8,13H,5,12H2,1-2H3. The minimum absolute atomic E-state index is 0.0423. The van der Waals surface area contributed by atoms with Crippen molar-refractivity contribution >= 4 is 0 Å². The van der Waals surface area contributed by atoms with Crippen molar-refractivity contribution in [2.24, 2.45) is 5.73 Å². The van der Waals surface area contributed by atoms with Gasteiger partial charge in [-0.1, -0.05) is 0 Å². The fourth-order valence-electron chi connectivity index (χ4n) is 1.39. The molecule has 3 N–H and O–H groups in total. The quantitative estimate of drug-likeness (QED) is 0.767. The van der Waals surface area contributed by atoms with E-state index in [2.05, 4.69) is 0 Å². The van der Waals surface area contributed by atoms with Gasteiger partial charge in [0, 0.05) is 12.1 Å². The number of aliphatic hydroxyl groups excluding tert-OH is 1. The monoisotopic (exact) mass is 199 g/mol. The lowest BCUT2D eigenvalue weighted by Crippen LogP contribution is -2.14. The van der Waals surface area contributed by atoms with Crippen molar-refractivity contribution in [2.75, 3.05) is 13.7 Å². The Labute approximate surface area is 82.3 Å². The first kappa shape index (κ1) is 10.9. The molecular formula is C10H14FNO2. The lowest BCUT2D eigenvalue weighted by molar-refractivity contribution is 0.180. The molecule has 4 heteroatoms. The molecule has 0 aliphatic heterocycles. The maximum absolute atomic E-state index is 13.2. The SMILES string of the molecule is COc1ccc(F)c(C)c1C(O)CN. The van der Waals surface area contributed by atoms with Gasteiger partial charge in [0.15, 0.2) is 0 Å². The highest BCUT2D eigenvalue weighted by atomic mass is 19.1. The van der Waals surface area contributed by atoms with Crippen LogP contribution in [-0.2, 0) is 0 Å². The number of nitrogens with two attached hydrogens (primary N) is 1. The summed E-state index contributed by atoms with van der Waals surface area (Å²) in [5.74, 6) is 0.0927. The molecule has 0 fully saturated rings. The Morgan fingerprint density at radius 3 is 2.71 bits per heavy atom. The molecule has 0 aliphatic carbocycles. The fourth-order valence-corrected chi connectivity index (χ4v) is 1.39. The Morgan fingerprint density at radius 2 is 2.21 bits per heavy atom. The summed E-state index contributed by atoms with van der Waals surface area (Å²) in [6.45, 7) is 1.63. The van der Waals surface area contributed by atoms with Gasteiger partial charge in [0.2, 0.25) is 0 Å². The fraction of sp³-hybridized carbons (Fsp3) is 0.400. The number of rotatable bonds is 3. The van der Waals surface area contributed by atoms with Gasteiger partial charge in [-0.25, -0.2) is 4.39 Å². The van der Waals surface area contributed by atoms with Crippen molar-refractivity contribution in [1.29, 1.82) is 0 Å². The molecule has 1 unspecified atom stereocenters. The molecule has 78 valence electrons. The minimum atomic E-state index is -0.888. The summed E-state index contributed by atoms with van der Waals surface area (Å²) in [5, 5.41) is 9.57. The zero-order chi connectivity index (χ0) is 10.7. The van der Waals surface area contributed by atoms with Crippen LogP contribution in [0, 0.1) is 12.7 Å². The van der Waals surface area contributed by atoms with Crippen LogP contribution in [0.2, 0.25) is 0 Å². The van der Waals surface area contributed by atoms with Gasteiger partial charge in [-0.05, 0) is 24.6 Å². The lowest BCUT2D eigenvalue weighted by Gasteiger charge is -2.16. The first-order valence-electron chi connectivity index (χ1n) is 4.33. The number of hydrogen-bond acceptors (Lipinski definition) is 3. The third-order valence-corrected chi connectivity index (χ3v) is 2.19. The molecule has 0 saturated carbocycles. The molecule has 14 heavy (non-hydrogen) atoms. The van der Waals surface area contributed by atoms with Crippen molar-refractivity contribution in [3.05, 3.63) is 29.1 Å². The van der Waals surface area contributed by atoms with Crippen LogP contribution in [0.1, 0.15) is 17.2 Å². The Bertz CT molecular complexity index is 328. The largest absolute Gasteiger partial charge is 0.496 e. The van der Waals surface area contributed by atoms with Gasteiger partial charge in [-0.15, -0.1) is 0 Å². The molecule has 1 aromatic carbocycles. The van der Waals surface area contributed by atoms with E-state index >= 15 is 0 Å². The molecule has 0 amide bonds. The lowest BCUT2D eigenvalue weighted by atomic mass is 10.0. The van der Waals surface area contributed by atoms with E-state index in [1.807, 2.05) is 0 Å². The van der Waals surface area contributed by atoms with E-state index in [1.165, 1.54) is 19.2 Å². The second-order valence-corrected chi connectivity index (χ2v) is 3.04. The van der Waals surface area contributed by atoms with E-state index in [0.717, 1.165) is 0 Å². The van der Waals surface area contributed by atoms with E-state index in [9.17, 15) is 9.50 Å². The van der Waals surface area contributed by atoms with Crippen molar-refractivity contribution in [3.8, 4) is 5.75 Å². The molecule has 1 rings (SSSR count). The smallest absolute Gasteiger partial charge is 0.126 e. The topological polar surface area (TPSA) is 55.5 Å². The highest BCUT2D eigenvalue weighted by molar-refractivity contribution is 5.42. The second-order valence-electron chi connectivity index (χ2n) is 3.04. The van der Waals surface area contributed by atoms with Gasteiger partial charge < -0.3 is 15.6 Å². The molecule has 0 spiro atoms. The zero-order valence-corrected chi connectivity index (χ0v) is 8.25. The Kier molecular flexibility index (Phi) is 3.43. The number of ether oxygens (including phenoxy) is 1. The van der Waals surface area contributed by atoms with Crippen LogP contribution in [0.15, 0.2) is 12.1 Å². The van der Waals surface area contributed by atoms with Gasteiger partial charge in [-0.2, -0.15) is 0 Å². The predicted molar refractivity (Wildman–Crippen MR) is 51.7 cm³/mol. The maximum atomic E-state index is 13.2. The van der Waals surface area contributed by atoms with Crippen LogP contribution in [0.25, 0.3) is 0 Å². The zero-order valence-electron chi connectivity index (χ0n) is 8.25. The number of methoxy groups -OCH3 is 1. The number of hydrogen-bond donors (Lipinski definition) is 2. The predicted octanol–water partition coefficient (Wildman–Crippen LogP) is 1.13. The van der Waals surface area contributed by atoms with E-state index in [4.69, 9.17) is 10.5 Å². The summed E-state index contributed by atoms with van der Waals surface area (Å²) in [7, 11) is 1.47. The number of aliphatic hydroxyl groups is 1. The average Bonchev–Trinajstić information content (AvgIpc) is 2.20. The van der Waals surface area contributed by atoms with Crippen molar-refractivity contribution in [1.82, 2.24) is 0 Å². The summed E-state index contributed by atoms with van der Waals surface area (Å²) >= 11 is 0. The second kappa shape index (κ2) is 4.39. The molecule has 0 aliphatic rings. The highest BCUT2D eigenvalue weighted by Gasteiger charge is 2.16. The van der Waals surface area contributed by atoms with Crippen LogP contribution in [0.4, 0.5) is 4.39 Å². The molecule has 1 atom stereocenters. The summed E-state index contributed by atoms with van der Waals surface area (Å²) in [4.78, 5) is 0. The molecule has 3 nitrogen and oxygen atoms in total. The van der Waals surface area contributed by atoms with E-state index in [-0.39, 0.29) is 12.4 Å². The normalized spacial score (nSPS) is 12.6. The first-order chi connectivity index (χ1) is 6.61. The Morgan fingerprint density at radius 1 is 1.57 bits per heavy atom.